The predicted molar refractivity (Wildman–Crippen MR) is 145 cm³/mol. The average molecular weight is 480 g/mol. The van der Waals surface area contributed by atoms with Gasteiger partial charge < -0.3 is 29.7 Å². The third-order valence-corrected chi connectivity index (χ3v) is 6.83. The van der Waals surface area contributed by atoms with E-state index < -0.39 is 0 Å². The van der Waals surface area contributed by atoms with Crippen LogP contribution < -0.4 is 15.0 Å². The summed E-state index contributed by atoms with van der Waals surface area (Å²) in [4.78, 5) is 19.3. The number of fused-ring (bicyclic) bond motifs is 1. The lowest BCUT2D eigenvalue weighted by Gasteiger charge is -2.22. The molecule has 2 aromatic rings. The maximum absolute atomic E-state index is 5.74. The highest BCUT2D eigenvalue weighted by molar-refractivity contribution is 5.92. The van der Waals surface area contributed by atoms with Crippen LogP contribution in [0.15, 0.2) is 12.1 Å². The molecule has 0 bridgehead atoms. The van der Waals surface area contributed by atoms with E-state index in [1.54, 1.807) is 7.11 Å². The number of benzene rings is 1. The zero-order valence-electron chi connectivity index (χ0n) is 21.9. The second-order valence-corrected chi connectivity index (χ2v) is 9.92. The molecule has 8 heteroatoms. The van der Waals surface area contributed by atoms with Gasteiger partial charge in [-0.2, -0.15) is 4.98 Å². The Bertz CT molecular complexity index is 1040. The third-order valence-electron chi connectivity index (χ3n) is 6.83. The van der Waals surface area contributed by atoms with Crippen molar-refractivity contribution in [2.75, 3.05) is 97.4 Å². The normalized spacial score (nSPS) is 17.5. The number of likely N-dealkylation sites (tertiary alicyclic amines) is 1. The van der Waals surface area contributed by atoms with E-state index in [2.05, 4.69) is 64.0 Å². The summed E-state index contributed by atoms with van der Waals surface area (Å²) < 4.78 is 5.74. The van der Waals surface area contributed by atoms with Crippen molar-refractivity contribution in [3.63, 3.8) is 0 Å². The second kappa shape index (κ2) is 12.4. The molecule has 0 spiro atoms. The van der Waals surface area contributed by atoms with Crippen LogP contribution in [0, 0.1) is 11.8 Å². The fraction of sp³-hybridized carbons (Fsp3) is 0.630. The molecule has 0 aliphatic carbocycles. The van der Waals surface area contributed by atoms with E-state index in [0.717, 1.165) is 92.6 Å². The van der Waals surface area contributed by atoms with Gasteiger partial charge in [0.1, 0.15) is 11.6 Å². The molecule has 3 heterocycles. The Morgan fingerprint density at radius 2 is 1.86 bits per heavy atom. The summed E-state index contributed by atoms with van der Waals surface area (Å²) in [6, 6.07) is 4.11. The first kappa shape index (κ1) is 25.5. The number of likely N-dealkylation sites (N-methyl/N-ethyl adjacent to an activating group) is 2. The van der Waals surface area contributed by atoms with Crippen LogP contribution in [0.3, 0.4) is 0 Å². The first-order valence-corrected chi connectivity index (χ1v) is 13.0. The molecule has 2 aliphatic heterocycles. The zero-order valence-corrected chi connectivity index (χ0v) is 21.9. The quantitative estimate of drug-likeness (QED) is 0.580. The number of hydrogen-bond donors (Lipinski definition) is 1. The molecule has 0 radical (unpaired) electrons. The fourth-order valence-corrected chi connectivity index (χ4v) is 4.71. The molecular weight excluding hydrogens is 438 g/mol. The van der Waals surface area contributed by atoms with Gasteiger partial charge in [-0.15, -0.1) is 0 Å². The number of ether oxygens (including phenoxy) is 1. The predicted octanol–water partition coefficient (Wildman–Crippen LogP) is 2.59. The molecule has 1 N–H and O–H groups in total. The largest absolute Gasteiger partial charge is 0.495 e. The van der Waals surface area contributed by atoms with Gasteiger partial charge in [0.15, 0.2) is 0 Å². The molecule has 0 saturated carbocycles. The van der Waals surface area contributed by atoms with Crippen LogP contribution in [0.1, 0.15) is 31.2 Å². The number of hydrogen-bond acceptors (Lipinski definition) is 8. The minimum Gasteiger partial charge on any atom is -0.495 e. The lowest BCUT2D eigenvalue weighted by molar-refractivity contribution is 0.348. The highest BCUT2D eigenvalue weighted by Crippen LogP contribution is 2.30. The van der Waals surface area contributed by atoms with E-state index in [4.69, 9.17) is 14.7 Å². The Morgan fingerprint density at radius 3 is 2.63 bits per heavy atom. The van der Waals surface area contributed by atoms with Gasteiger partial charge in [0.2, 0.25) is 5.95 Å². The number of methoxy groups -OCH3 is 1. The molecule has 0 amide bonds. The average Bonchev–Trinajstić information content (AvgIpc) is 3.27. The first-order chi connectivity index (χ1) is 17.0. The van der Waals surface area contributed by atoms with E-state index >= 15 is 0 Å². The number of anilines is 2. The van der Waals surface area contributed by atoms with Crippen LogP contribution in [0.5, 0.6) is 5.75 Å². The van der Waals surface area contributed by atoms with Crippen molar-refractivity contribution < 1.29 is 4.74 Å². The lowest BCUT2D eigenvalue weighted by Crippen LogP contribution is -2.30. The summed E-state index contributed by atoms with van der Waals surface area (Å²) in [7, 11) is 8.05. The van der Waals surface area contributed by atoms with Crippen molar-refractivity contribution in [2.24, 2.45) is 0 Å². The van der Waals surface area contributed by atoms with Crippen LogP contribution in [-0.2, 0) is 0 Å². The van der Waals surface area contributed by atoms with Gasteiger partial charge >= 0.3 is 0 Å². The Balaban J connectivity index is 1.64. The molecule has 35 heavy (non-hydrogen) atoms. The van der Waals surface area contributed by atoms with E-state index in [0.29, 0.717) is 0 Å². The fourth-order valence-electron chi connectivity index (χ4n) is 4.71. The van der Waals surface area contributed by atoms with Gasteiger partial charge in [-0.05, 0) is 72.2 Å². The summed E-state index contributed by atoms with van der Waals surface area (Å²) in [5, 5.41) is 4.52. The SMILES string of the molecule is COc1cc2c(NCCN(C)C)nc(N3CCCN(C)CC3)nc2cc1C#CCCN1CCCC1. The van der Waals surface area contributed by atoms with Crippen molar-refractivity contribution in [3.05, 3.63) is 17.7 Å². The number of nitrogens with one attached hydrogen (secondary N) is 1. The monoisotopic (exact) mass is 479 g/mol. The molecule has 2 saturated heterocycles. The number of aromatic nitrogens is 2. The van der Waals surface area contributed by atoms with Gasteiger partial charge in [-0.3, -0.25) is 0 Å². The van der Waals surface area contributed by atoms with Crippen LogP contribution in [0.4, 0.5) is 11.8 Å². The van der Waals surface area contributed by atoms with E-state index in [9.17, 15) is 0 Å². The Hall–Kier alpha value is -2.60. The number of nitrogens with zero attached hydrogens (tertiary/aromatic N) is 6. The highest BCUT2D eigenvalue weighted by atomic mass is 16.5. The Kier molecular flexibility index (Phi) is 9.02. The third kappa shape index (κ3) is 6.97. The first-order valence-electron chi connectivity index (χ1n) is 13.0. The second-order valence-electron chi connectivity index (χ2n) is 9.92. The minimum absolute atomic E-state index is 0.773. The van der Waals surface area contributed by atoms with Crippen molar-refractivity contribution in [1.82, 2.24) is 24.7 Å². The highest BCUT2D eigenvalue weighted by Gasteiger charge is 2.18. The van der Waals surface area contributed by atoms with Crippen LogP contribution >= 0.6 is 0 Å². The van der Waals surface area contributed by atoms with Crippen LogP contribution in [-0.4, -0.2) is 112 Å². The molecule has 8 nitrogen and oxygen atoms in total. The molecule has 0 atom stereocenters. The molecule has 1 aromatic heterocycles. The van der Waals surface area contributed by atoms with E-state index in [1.807, 2.05) is 6.07 Å². The number of rotatable bonds is 8. The molecular formula is C27H41N7O. The smallest absolute Gasteiger partial charge is 0.227 e. The molecule has 190 valence electrons. The van der Waals surface area contributed by atoms with Crippen molar-refractivity contribution >= 4 is 22.7 Å². The van der Waals surface area contributed by atoms with E-state index in [1.165, 1.54) is 25.9 Å². The molecule has 2 aliphatic rings. The molecule has 0 unspecified atom stereocenters. The van der Waals surface area contributed by atoms with Crippen molar-refractivity contribution in [3.8, 4) is 17.6 Å². The zero-order chi connectivity index (χ0) is 24.6. The summed E-state index contributed by atoms with van der Waals surface area (Å²) in [6.07, 6.45) is 4.60. The van der Waals surface area contributed by atoms with Gasteiger partial charge in [-0.25, -0.2) is 4.98 Å². The minimum atomic E-state index is 0.773. The van der Waals surface area contributed by atoms with Crippen molar-refractivity contribution in [1.29, 1.82) is 0 Å². The van der Waals surface area contributed by atoms with Gasteiger partial charge in [0, 0.05) is 51.1 Å². The van der Waals surface area contributed by atoms with Gasteiger partial charge in [0.05, 0.1) is 18.2 Å². The molecule has 4 rings (SSSR count). The molecule has 1 aromatic carbocycles. The maximum atomic E-state index is 5.74. The van der Waals surface area contributed by atoms with E-state index in [-0.39, 0.29) is 0 Å². The Labute approximate surface area is 210 Å². The van der Waals surface area contributed by atoms with Crippen molar-refractivity contribution in [2.45, 2.75) is 25.7 Å². The van der Waals surface area contributed by atoms with Gasteiger partial charge in [-0.1, -0.05) is 11.8 Å². The summed E-state index contributed by atoms with van der Waals surface area (Å²) in [6.45, 7) is 9.19. The standard InChI is InChI=1S/C27H41N7O/c1-31(2)17-11-28-26-23-21-25(35-4)22(10-5-6-13-33-14-7-8-15-33)20-24(23)29-27(30-26)34-16-9-12-32(3)18-19-34/h20-21H,6-9,11-19H2,1-4H3,(H,28,29,30). The lowest BCUT2D eigenvalue weighted by atomic mass is 10.1. The summed E-state index contributed by atoms with van der Waals surface area (Å²) in [5.74, 6) is 9.15. The molecule has 2 fully saturated rings. The summed E-state index contributed by atoms with van der Waals surface area (Å²) >= 11 is 0. The van der Waals surface area contributed by atoms with Crippen LogP contribution in [0.25, 0.3) is 10.9 Å². The maximum Gasteiger partial charge on any atom is 0.227 e. The van der Waals surface area contributed by atoms with Gasteiger partial charge in [0.25, 0.3) is 0 Å². The van der Waals surface area contributed by atoms with Crippen LogP contribution in [0.2, 0.25) is 0 Å². The summed E-state index contributed by atoms with van der Waals surface area (Å²) in [5.41, 5.74) is 1.80. The topological polar surface area (TPSA) is 60.0 Å². The Morgan fingerprint density at radius 1 is 1.03 bits per heavy atom.